The molecule has 1 saturated carbocycles. The Morgan fingerprint density at radius 3 is 2.00 bits per heavy atom. The Bertz CT molecular complexity index is 810. The van der Waals surface area contributed by atoms with E-state index in [1.807, 2.05) is 35.2 Å². The zero-order valence-corrected chi connectivity index (χ0v) is 16.8. The lowest BCUT2D eigenvalue weighted by Gasteiger charge is -2.35. The zero-order valence-electron chi connectivity index (χ0n) is 16.0. The molecule has 2 saturated heterocycles. The predicted octanol–water partition coefficient (Wildman–Crippen LogP) is 1.27. The molecule has 1 aliphatic carbocycles. The van der Waals surface area contributed by atoms with Gasteiger partial charge in [-0.05, 0) is 18.4 Å². The lowest BCUT2D eigenvalue weighted by atomic mass is 9.81. The van der Waals surface area contributed by atoms with E-state index in [0.717, 1.165) is 31.2 Å². The monoisotopic (exact) mass is 405 g/mol. The van der Waals surface area contributed by atoms with Gasteiger partial charge in [0.2, 0.25) is 21.8 Å². The number of carbonyl (C=O) groups excluding carboxylic acids is 2. The summed E-state index contributed by atoms with van der Waals surface area (Å²) in [5, 5.41) is 0. The van der Waals surface area contributed by atoms with Crippen molar-refractivity contribution in [3.05, 3.63) is 35.9 Å². The fourth-order valence-electron chi connectivity index (χ4n) is 4.60. The molecule has 2 aliphatic heterocycles. The van der Waals surface area contributed by atoms with E-state index in [1.54, 1.807) is 0 Å². The molecule has 0 spiro atoms. The molecule has 0 N–H and O–H groups in total. The molecule has 8 heteroatoms. The van der Waals surface area contributed by atoms with Gasteiger partial charge in [0.1, 0.15) is 0 Å². The first-order chi connectivity index (χ1) is 13.5. The fraction of sp³-hybridized carbons (Fsp3) is 0.600. The minimum absolute atomic E-state index is 0.000294. The summed E-state index contributed by atoms with van der Waals surface area (Å²) in [5.74, 6) is -0.328. The minimum Gasteiger partial charge on any atom is -0.283 e. The molecule has 0 radical (unpaired) electrons. The first-order valence-electron chi connectivity index (χ1n) is 10.0. The standard InChI is InChI=1S/C20H27N3O4S/c24-19-17-8-4-5-9-18(17)20(25)23(19)15-21-10-12-22(13-11-21)28(26,27)14-16-6-2-1-3-7-16/h1-3,6-7,17-18H,4-5,8-15H2/t17-,18-/m0/s1. The Kier molecular flexibility index (Phi) is 5.53. The molecule has 2 atom stereocenters. The van der Waals surface area contributed by atoms with Crippen molar-refractivity contribution < 1.29 is 18.0 Å². The largest absolute Gasteiger partial charge is 0.283 e. The van der Waals surface area contributed by atoms with E-state index in [2.05, 4.69) is 0 Å². The summed E-state index contributed by atoms with van der Waals surface area (Å²) in [6.45, 7) is 2.12. The van der Waals surface area contributed by atoms with Gasteiger partial charge in [0.25, 0.3) is 0 Å². The molecular weight excluding hydrogens is 378 g/mol. The topological polar surface area (TPSA) is 78.0 Å². The second-order valence-electron chi connectivity index (χ2n) is 8.00. The van der Waals surface area contributed by atoms with Crippen LogP contribution in [0, 0.1) is 11.8 Å². The number of fused-ring (bicyclic) bond motifs is 1. The van der Waals surface area contributed by atoms with Gasteiger partial charge >= 0.3 is 0 Å². The number of benzene rings is 1. The molecule has 1 aromatic rings. The molecule has 1 aromatic carbocycles. The van der Waals surface area contributed by atoms with Crippen molar-refractivity contribution >= 4 is 21.8 Å². The number of hydrogen-bond donors (Lipinski definition) is 0. The Hall–Kier alpha value is -1.77. The maximum Gasteiger partial charge on any atom is 0.234 e. The number of carbonyl (C=O) groups is 2. The molecule has 4 rings (SSSR count). The molecule has 0 aromatic heterocycles. The maximum absolute atomic E-state index is 12.7. The highest BCUT2D eigenvalue weighted by Crippen LogP contribution is 2.38. The van der Waals surface area contributed by atoms with Gasteiger partial charge in [0.15, 0.2) is 0 Å². The lowest BCUT2D eigenvalue weighted by Crippen LogP contribution is -2.52. The number of piperazine rings is 1. The predicted molar refractivity (Wildman–Crippen MR) is 104 cm³/mol. The van der Waals surface area contributed by atoms with Crippen LogP contribution in [0.15, 0.2) is 30.3 Å². The van der Waals surface area contributed by atoms with E-state index >= 15 is 0 Å². The first kappa shape index (κ1) is 19.5. The molecule has 0 unspecified atom stereocenters. The summed E-state index contributed by atoms with van der Waals surface area (Å²) < 4.78 is 26.9. The van der Waals surface area contributed by atoms with Crippen molar-refractivity contribution in [1.29, 1.82) is 0 Å². The number of amides is 2. The van der Waals surface area contributed by atoms with Gasteiger partial charge in [-0.2, -0.15) is 4.31 Å². The summed E-state index contributed by atoms with van der Waals surface area (Å²) in [5.41, 5.74) is 0.779. The van der Waals surface area contributed by atoms with Crippen LogP contribution in [-0.4, -0.2) is 67.2 Å². The Morgan fingerprint density at radius 1 is 0.857 bits per heavy atom. The molecular formula is C20H27N3O4S. The van der Waals surface area contributed by atoms with Crippen LogP contribution in [0.1, 0.15) is 31.2 Å². The van der Waals surface area contributed by atoms with Crippen LogP contribution in [0.4, 0.5) is 0 Å². The number of sulfonamides is 1. The van der Waals surface area contributed by atoms with Crippen molar-refractivity contribution in [2.24, 2.45) is 11.8 Å². The fourth-order valence-corrected chi connectivity index (χ4v) is 6.11. The maximum atomic E-state index is 12.7. The van der Waals surface area contributed by atoms with Gasteiger partial charge in [-0.15, -0.1) is 0 Å². The van der Waals surface area contributed by atoms with E-state index < -0.39 is 10.0 Å². The summed E-state index contributed by atoms with van der Waals surface area (Å²) in [4.78, 5) is 28.7. The van der Waals surface area contributed by atoms with Crippen LogP contribution >= 0.6 is 0 Å². The highest BCUT2D eigenvalue weighted by molar-refractivity contribution is 7.88. The zero-order chi connectivity index (χ0) is 19.7. The molecule has 3 aliphatic rings. The summed E-state index contributed by atoms with van der Waals surface area (Å²) in [7, 11) is -3.37. The summed E-state index contributed by atoms with van der Waals surface area (Å²) in [6, 6.07) is 9.18. The van der Waals surface area contributed by atoms with Crippen LogP contribution in [0.25, 0.3) is 0 Å². The van der Waals surface area contributed by atoms with Crippen LogP contribution < -0.4 is 0 Å². The molecule has 152 valence electrons. The number of hydrogen-bond acceptors (Lipinski definition) is 5. The average Bonchev–Trinajstić information content (AvgIpc) is 2.94. The highest BCUT2D eigenvalue weighted by atomic mass is 32.2. The van der Waals surface area contributed by atoms with Crippen LogP contribution in [0.2, 0.25) is 0 Å². The third kappa shape index (κ3) is 3.86. The van der Waals surface area contributed by atoms with Crippen LogP contribution in [0.3, 0.4) is 0 Å². The van der Waals surface area contributed by atoms with Gasteiger partial charge in [-0.25, -0.2) is 8.42 Å². The van der Waals surface area contributed by atoms with Gasteiger partial charge in [0.05, 0.1) is 24.3 Å². The Labute approximate surface area is 166 Å². The second kappa shape index (κ2) is 7.93. The van der Waals surface area contributed by atoms with Gasteiger partial charge in [0, 0.05) is 26.2 Å². The average molecular weight is 406 g/mol. The second-order valence-corrected chi connectivity index (χ2v) is 9.97. The number of imide groups is 1. The molecule has 3 fully saturated rings. The van der Waals surface area contributed by atoms with E-state index in [-0.39, 0.29) is 36.1 Å². The van der Waals surface area contributed by atoms with Gasteiger partial charge in [-0.1, -0.05) is 43.2 Å². The van der Waals surface area contributed by atoms with Crippen LogP contribution in [0.5, 0.6) is 0 Å². The third-order valence-electron chi connectivity index (χ3n) is 6.19. The van der Waals surface area contributed by atoms with E-state index in [1.165, 1.54) is 9.21 Å². The minimum atomic E-state index is -3.37. The van der Waals surface area contributed by atoms with Crippen LogP contribution in [-0.2, 0) is 25.4 Å². The van der Waals surface area contributed by atoms with Crippen molar-refractivity contribution in [3.8, 4) is 0 Å². The van der Waals surface area contributed by atoms with E-state index in [4.69, 9.17) is 0 Å². The summed E-state index contributed by atoms with van der Waals surface area (Å²) in [6.07, 6.45) is 3.67. The normalized spacial score (nSPS) is 27.2. The molecule has 0 bridgehead atoms. The van der Waals surface area contributed by atoms with Crippen molar-refractivity contribution in [1.82, 2.24) is 14.1 Å². The molecule has 7 nitrogen and oxygen atoms in total. The van der Waals surface area contributed by atoms with Gasteiger partial charge in [-0.3, -0.25) is 19.4 Å². The quantitative estimate of drug-likeness (QED) is 0.690. The Morgan fingerprint density at radius 2 is 1.43 bits per heavy atom. The lowest BCUT2D eigenvalue weighted by molar-refractivity contribution is -0.142. The Balaban J connectivity index is 1.33. The van der Waals surface area contributed by atoms with E-state index in [9.17, 15) is 18.0 Å². The van der Waals surface area contributed by atoms with Crippen molar-refractivity contribution in [2.45, 2.75) is 31.4 Å². The van der Waals surface area contributed by atoms with E-state index in [0.29, 0.717) is 26.2 Å². The SMILES string of the molecule is O=C1[C@H]2CCCC[C@@H]2C(=O)N1CN1CCN(S(=O)(=O)Cc2ccccc2)CC1. The van der Waals surface area contributed by atoms with Gasteiger partial charge < -0.3 is 0 Å². The van der Waals surface area contributed by atoms with Crippen molar-refractivity contribution in [2.75, 3.05) is 32.8 Å². The summed E-state index contributed by atoms with van der Waals surface area (Å²) >= 11 is 0. The number of likely N-dealkylation sites (tertiary alicyclic amines) is 1. The number of nitrogens with zero attached hydrogens (tertiary/aromatic N) is 3. The first-order valence-corrected chi connectivity index (χ1v) is 11.7. The molecule has 28 heavy (non-hydrogen) atoms. The molecule has 2 heterocycles. The third-order valence-corrected chi connectivity index (χ3v) is 8.04. The highest BCUT2D eigenvalue weighted by Gasteiger charge is 2.48. The van der Waals surface area contributed by atoms with Crippen molar-refractivity contribution in [3.63, 3.8) is 0 Å². The number of rotatable bonds is 5. The smallest absolute Gasteiger partial charge is 0.234 e. The molecule has 2 amide bonds.